The molecule has 20 heavy (non-hydrogen) atoms. The monoisotopic (exact) mass is 281 g/mol. The summed E-state index contributed by atoms with van der Waals surface area (Å²) in [5.74, 6) is -0.901. The van der Waals surface area contributed by atoms with E-state index in [9.17, 15) is 9.59 Å². The molecule has 0 aliphatic heterocycles. The SMILES string of the molecule is COc1ccc(C)cc1CC(=O)NCCC(O)C(=O)O. The minimum absolute atomic E-state index is 0.0218. The molecule has 1 amide bonds. The molecule has 0 saturated heterocycles. The van der Waals surface area contributed by atoms with E-state index in [0.717, 1.165) is 11.1 Å². The number of carbonyl (C=O) groups excluding carboxylic acids is 1. The third-order valence-corrected chi connectivity index (χ3v) is 2.81. The highest BCUT2D eigenvalue weighted by Crippen LogP contribution is 2.19. The molecule has 0 aliphatic rings. The van der Waals surface area contributed by atoms with Gasteiger partial charge in [-0.1, -0.05) is 17.7 Å². The van der Waals surface area contributed by atoms with Crippen LogP contribution in [-0.2, 0) is 16.0 Å². The number of hydrogen-bond donors (Lipinski definition) is 3. The fourth-order valence-electron chi connectivity index (χ4n) is 1.75. The number of ether oxygens (including phenoxy) is 1. The van der Waals surface area contributed by atoms with Gasteiger partial charge in [-0.2, -0.15) is 0 Å². The van der Waals surface area contributed by atoms with Crippen molar-refractivity contribution in [3.8, 4) is 5.75 Å². The molecule has 1 aromatic rings. The van der Waals surface area contributed by atoms with Crippen LogP contribution in [0.4, 0.5) is 0 Å². The number of aryl methyl sites for hydroxylation is 1. The molecular formula is C14H19NO5. The van der Waals surface area contributed by atoms with Crippen LogP contribution in [0.25, 0.3) is 0 Å². The number of amides is 1. The second-order valence-electron chi connectivity index (χ2n) is 4.48. The van der Waals surface area contributed by atoms with E-state index in [0.29, 0.717) is 5.75 Å². The Labute approximate surface area is 117 Å². The molecule has 0 fully saturated rings. The number of hydrogen-bond acceptors (Lipinski definition) is 4. The smallest absolute Gasteiger partial charge is 0.332 e. The van der Waals surface area contributed by atoms with E-state index >= 15 is 0 Å². The average Bonchev–Trinajstić information content (AvgIpc) is 2.38. The van der Waals surface area contributed by atoms with E-state index in [2.05, 4.69) is 5.32 Å². The molecule has 0 heterocycles. The van der Waals surface area contributed by atoms with E-state index < -0.39 is 12.1 Å². The lowest BCUT2D eigenvalue weighted by atomic mass is 10.1. The first-order valence-electron chi connectivity index (χ1n) is 6.25. The Hall–Kier alpha value is -2.08. The number of carbonyl (C=O) groups is 2. The summed E-state index contributed by atoms with van der Waals surface area (Å²) in [6.07, 6.45) is -1.33. The van der Waals surface area contributed by atoms with Crippen molar-refractivity contribution < 1.29 is 24.5 Å². The molecular weight excluding hydrogens is 262 g/mol. The molecule has 1 rings (SSSR count). The number of aliphatic hydroxyl groups excluding tert-OH is 1. The van der Waals surface area contributed by atoms with Crippen LogP contribution in [0.5, 0.6) is 5.75 Å². The van der Waals surface area contributed by atoms with Crippen LogP contribution < -0.4 is 10.1 Å². The first kappa shape index (κ1) is 16.0. The Morgan fingerprint density at radius 3 is 2.70 bits per heavy atom. The number of aliphatic carboxylic acids is 1. The van der Waals surface area contributed by atoms with Gasteiger partial charge in [0.2, 0.25) is 5.91 Å². The molecule has 0 radical (unpaired) electrons. The largest absolute Gasteiger partial charge is 0.496 e. The highest BCUT2D eigenvalue weighted by Gasteiger charge is 2.13. The predicted molar refractivity (Wildman–Crippen MR) is 72.7 cm³/mol. The van der Waals surface area contributed by atoms with Gasteiger partial charge in [0.1, 0.15) is 5.75 Å². The maximum atomic E-state index is 11.7. The maximum absolute atomic E-state index is 11.7. The normalized spacial score (nSPS) is 11.8. The zero-order chi connectivity index (χ0) is 15.1. The fourth-order valence-corrected chi connectivity index (χ4v) is 1.75. The molecule has 1 atom stereocenters. The van der Waals surface area contributed by atoms with Crippen LogP contribution in [0.3, 0.4) is 0 Å². The van der Waals surface area contributed by atoms with E-state index in [1.165, 1.54) is 7.11 Å². The second kappa shape index (κ2) is 7.49. The lowest BCUT2D eigenvalue weighted by Crippen LogP contribution is -2.31. The Morgan fingerprint density at radius 2 is 2.10 bits per heavy atom. The van der Waals surface area contributed by atoms with Gasteiger partial charge >= 0.3 is 5.97 Å². The van der Waals surface area contributed by atoms with Crippen molar-refractivity contribution in [2.45, 2.75) is 25.9 Å². The molecule has 1 aromatic carbocycles. The third-order valence-electron chi connectivity index (χ3n) is 2.81. The highest BCUT2D eigenvalue weighted by atomic mass is 16.5. The average molecular weight is 281 g/mol. The van der Waals surface area contributed by atoms with Gasteiger partial charge in [-0.15, -0.1) is 0 Å². The van der Waals surface area contributed by atoms with Crippen molar-refractivity contribution in [3.05, 3.63) is 29.3 Å². The maximum Gasteiger partial charge on any atom is 0.332 e. The Morgan fingerprint density at radius 1 is 1.40 bits per heavy atom. The molecule has 6 heteroatoms. The van der Waals surface area contributed by atoms with Gasteiger partial charge in [0, 0.05) is 18.5 Å². The Bertz CT molecular complexity index is 486. The van der Waals surface area contributed by atoms with Crippen LogP contribution in [0.1, 0.15) is 17.5 Å². The number of carboxylic acids is 1. The second-order valence-corrected chi connectivity index (χ2v) is 4.48. The molecule has 0 spiro atoms. The summed E-state index contributed by atoms with van der Waals surface area (Å²) in [5, 5.41) is 20.1. The van der Waals surface area contributed by atoms with Gasteiger partial charge in [-0.05, 0) is 13.0 Å². The van der Waals surface area contributed by atoms with Gasteiger partial charge < -0.3 is 20.3 Å². The van der Waals surface area contributed by atoms with Crippen molar-refractivity contribution in [3.63, 3.8) is 0 Å². The predicted octanol–water partition coefficient (Wildman–Crippen LogP) is 0.498. The molecule has 3 N–H and O–H groups in total. The van der Waals surface area contributed by atoms with E-state index in [1.807, 2.05) is 19.1 Å². The minimum Gasteiger partial charge on any atom is -0.496 e. The van der Waals surface area contributed by atoms with Gasteiger partial charge in [-0.3, -0.25) is 4.79 Å². The molecule has 0 aromatic heterocycles. The number of rotatable bonds is 7. The first-order chi connectivity index (χ1) is 9.43. The standard InChI is InChI=1S/C14H19NO5/c1-9-3-4-12(20-2)10(7-9)8-13(17)15-6-5-11(16)14(18)19/h3-4,7,11,16H,5-6,8H2,1-2H3,(H,15,17)(H,18,19). The summed E-state index contributed by atoms with van der Waals surface area (Å²) in [4.78, 5) is 22.2. The van der Waals surface area contributed by atoms with E-state index in [4.69, 9.17) is 14.9 Å². The number of aliphatic hydroxyl groups is 1. The van der Waals surface area contributed by atoms with E-state index in [-0.39, 0.29) is 25.3 Å². The van der Waals surface area contributed by atoms with Crippen molar-refractivity contribution in [2.75, 3.05) is 13.7 Å². The lowest BCUT2D eigenvalue weighted by molar-refractivity contribution is -0.147. The summed E-state index contributed by atoms with van der Waals surface area (Å²) in [6.45, 7) is 2.03. The summed E-state index contributed by atoms with van der Waals surface area (Å²) < 4.78 is 5.18. The highest BCUT2D eigenvalue weighted by molar-refractivity contribution is 5.79. The summed E-state index contributed by atoms with van der Waals surface area (Å²) in [6, 6.07) is 5.56. The Kier molecular flexibility index (Phi) is 5.99. The van der Waals surface area contributed by atoms with Crippen LogP contribution in [0.15, 0.2) is 18.2 Å². The number of nitrogens with one attached hydrogen (secondary N) is 1. The fraction of sp³-hybridized carbons (Fsp3) is 0.429. The summed E-state index contributed by atoms with van der Waals surface area (Å²) in [5.41, 5.74) is 1.79. The number of carboxylic acid groups (broad SMARTS) is 1. The molecule has 6 nitrogen and oxygen atoms in total. The number of benzene rings is 1. The van der Waals surface area contributed by atoms with Crippen LogP contribution >= 0.6 is 0 Å². The van der Waals surface area contributed by atoms with Gasteiger partial charge in [0.05, 0.1) is 13.5 Å². The van der Waals surface area contributed by atoms with Crippen molar-refractivity contribution >= 4 is 11.9 Å². The van der Waals surface area contributed by atoms with Crippen molar-refractivity contribution in [2.24, 2.45) is 0 Å². The zero-order valence-electron chi connectivity index (χ0n) is 11.5. The van der Waals surface area contributed by atoms with E-state index in [1.54, 1.807) is 6.07 Å². The zero-order valence-corrected chi connectivity index (χ0v) is 11.5. The molecule has 0 saturated carbocycles. The first-order valence-corrected chi connectivity index (χ1v) is 6.25. The van der Waals surface area contributed by atoms with Crippen LogP contribution in [0, 0.1) is 6.92 Å². The van der Waals surface area contributed by atoms with Crippen LogP contribution in [-0.4, -0.2) is 41.8 Å². The summed E-state index contributed by atoms with van der Waals surface area (Å²) in [7, 11) is 1.54. The molecule has 1 unspecified atom stereocenters. The quantitative estimate of drug-likeness (QED) is 0.676. The van der Waals surface area contributed by atoms with Crippen molar-refractivity contribution in [1.82, 2.24) is 5.32 Å². The molecule has 0 bridgehead atoms. The number of methoxy groups -OCH3 is 1. The third kappa shape index (κ3) is 4.89. The van der Waals surface area contributed by atoms with Gasteiger partial charge in [0.25, 0.3) is 0 Å². The van der Waals surface area contributed by atoms with Gasteiger partial charge in [0.15, 0.2) is 6.10 Å². The minimum atomic E-state index is -1.45. The van der Waals surface area contributed by atoms with Gasteiger partial charge in [-0.25, -0.2) is 4.79 Å². The summed E-state index contributed by atoms with van der Waals surface area (Å²) >= 11 is 0. The van der Waals surface area contributed by atoms with Crippen molar-refractivity contribution in [1.29, 1.82) is 0 Å². The van der Waals surface area contributed by atoms with Crippen LogP contribution in [0.2, 0.25) is 0 Å². The Balaban J connectivity index is 2.50. The molecule has 110 valence electrons. The lowest BCUT2D eigenvalue weighted by Gasteiger charge is -2.10. The topological polar surface area (TPSA) is 95.9 Å². The molecule has 0 aliphatic carbocycles.